The smallest absolute Gasteiger partial charge is 0.342 e. The van der Waals surface area contributed by atoms with Gasteiger partial charge in [0, 0.05) is 12.8 Å². The van der Waals surface area contributed by atoms with E-state index in [1.807, 2.05) is 6.92 Å². The Balaban J connectivity index is 2.24. The largest absolute Gasteiger partial charge is 0.504 e. The molecule has 6 heteroatoms. The average Bonchev–Trinajstić information content (AvgIpc) is 2.35. The van der Waals surface area contributed by atoms with Crippen LogP contribution in [0.2, 0.25) is 0 Å². The van der Waals surface area contributed by atoms with E-state index in [0.29, 0.717) is 18.4 Å². The molecule has 0 amide bonds. The highest BCUT2D eigenvalue weighted by atomic mass is 16.5. The summed E-state index contributed by atoms with van der Waals surface area (Å²) in [7, 11) is 0. The maximum Gasteiger partial charge on any atom is 0.342 e. The van der Waals surface area contributed by atoms with Crippen molar-refractivity contribution in [2.24, 2.45) is 0 Å². The summed E-state index contributed by atoms with van der Waals surface area (Å²) < 4.78 is 5.15. The number of phenolic OH excluding ortho intramolecular Hbond substituents is 3. The molecule has 1 aliphatic heterocycles. The number of benzene rings is 1. The van der Waals surface area contributed by atoms with Crippen LogP contribution >= 0.6 is 0 Å². The summed E-state index contributed by atoms with van der Waals surface area (Å²) in [5.74, 6) is -2.64. The Morgan fingerprint density at radius 3 is 2.70 bits per heavy atom. The van der Waals surface area contributed by atoms with Crippen LogP contribution in [-0.4, -0.2) is 38.6 Å². The van der Waals surface area contributed by atoms with Crippen LogP contribution in [0.25, 0.3) is 0 Å². The van der Waals surface area contributed by atoms with Crippen LogP contribution in [0.1, 0.15) is 42.1 Å². The molecule has 0 saturated carbocycles. The van der Waals surface area contributed by atoms with E-state index in [2.05, 4.69) is 0 Å². The van der Waals surface area contributed by atoms with E-state index in [-0.39, 0.29) is 12.0 Å². The van der Waals surface area contributed by atoms with Gasteiger partial charge < -0.3 is 25.2 Å². The maximum atomic E-state index is 11.9. The number of carbonyl (C=O) groups excluding carboxylic acids is 1. The van der Waals surface area contributed by atoms with Gasteiger partial charge in [0.05, 0.1) is 6.10 Å². The standard InChI is InChI=1S/C14H18O6/c1-2-3-8(15)6-9-4-7-5-10(16)12(17)13(18)11(7)14(19)20-9/h5,8-9,15-18H,2-4,6H2,1H3/t8-,9+/m0/s1. The second-order valence-electron chi connectivity index (χ2n) is 5.04. The van der Waals surface area contributed by atoms with E-state index in [4.69, 9.17) is 4.74 Å². The summed E-state index contributed by atoms with van der Waals surface area (Å²) in [6.07, 6.45) is 0.976. The zero-order valence-corrected chi connectivity index (χ0v) is 11.2. The van der Waals surface area contributed by atoms with Gasteiger partial charge in [-0.25, -0.2) is 4.79 Å². The third kappa shape index (κ3) is 2.65. The molecule has 1 heterocycles. The highest BCUT2D eigenvalue weighted by molar-refractivity contribution is 5.96. The minimum absolute atomic E-state index is 0.124. The number of hydrogen-bond donors (Lipinski definition) is 4. The van der Waals surface area contributed by atoms with Crippen molar-refractivity contribution in [2.75, 3.05) is 0 Å². The van der Waals surface area contributed by atoms with E-state index in [0.717, 1.165) is 6.42 Å². The van der Waals surface area contributed by atoms with Crippen molar-refractivity contribution in [1.82, 2.24) is 0 Å². The predicted molar refractivity (Wildman–Crippen MR) is 69.9 cm³/mol. The molecule has 20 heavy (non-hydrogen) atoms. The summed E-state index contributed by atoms with van der Waals surface area (Å²) in [5.41, 5.74) is 0.282. The molecule has 0 radical (unpaired) electrons. The molecule has 0 spiro atoms. The second-order valence-corrected chi connectivity index (χ2v) is 5.04. The third-order valence-corrected chi connectivity index (χ3v) is 3.42. The van der Waals surface area contributed by atoms with Crippen LogP contribution in [0.15, 0.2) is 6.07 Å². The molecule has 110 valence electrons. The number of aromatic hydroxyl groups is 3. The molecule has 2 rings (SSSR count). The highest BCUT2D eigenvalue weighted by Gasteiger charge is 2.32. The first-order valence-electron chi connectivity index (χ1n) is 6.59. The first-order chi connectivity index (χ1) is 9.43. The first-order valence-corrected chi connectivity index (χ1v) is 6.59. The topological polar surface area (TPSA) is 107 Å². The quantitative estimate of drug-likeness (QED) is 0.491. The van der Waals surface area contributed by atoms with Gasteiger partial charge in [-0.1, -0.05) is 13.3 Å². The molecule has 4 N–H and O–H groups in total. The van der Waals surface area contributed by atoms with Crippen LogP contribution in [-0.2, 0) is 11.2 Å². The molecule has 0 bridgehead atoms. The fourth-order valence-corrected chi connectivity index (χ4v) is 2.47. The van der Waals surface area contributed by atoms with Gasteiger partial charge in [-0.05, 0) is 18.1 Å². The molecule has 0 saturated heterocycles. The summed E-state index contributed by atoms with van der Waals surface area (Å²) in [5, 5.41) is 38.3. The van der Waals surface area contributed by atoms with E-state index in [1.165, 1.54) is 6.07 Å². The minimum Gasteiger partial charge on any atom is -0.504 e. The molecule has 1 aromatic carbocycles. The molecule has 0 unspecified atom stereocenters. The lowest BCUT2D eigenvalue weighted by Gasteiger charge is -2.27. The number of cyclic esters (lactones) is 1. The van der Waals surface area contributed by atoms with Gasteiger partial charge in [0.1, 0.15) is 11.7 Å². The lowest BCUT2D eigenvalue weighted by atomic mass is 9.93. The summed E-state index contributed by atoms with van der Waals surface area (Å²) in [6.45, 7) is 1.95. The molecule has 6 nitrogen and oxygen atoms in total. The van der Waals surface area contributed by atoms with Gasteiger partial charge in [0.2, 0.25) is 5.75 Å². The van der Waals surface area contributed by atoms with Gasteiger partial charge in [-0.2, -0.15) is 0 Å². The van der Waals surface area contributed by atoms with E-state index >= 15 is 0 Å². The molecule has 1 aromatic rings. The predicted octanol–water partition coefficient (Wildman–Crippen LogP) is 1.44. The van der Waals surface area contributed by atoms with Gasteiger partial charge in [-0.3, -0.25) is 0 Å². The summed E-state index contributed by atoms with van der Waals surface area (Å²) in [6, 6.07) is 1.24. The van der Waals surface area contributed by atoms with Crippen molar-refractivity contribution in [3.05, 3.63) is 17.2 Å². The fraction of sp³-hybridized carbons (Fsp3) is 0.500. The number of hydrogen-bond acceptors (Lipinski definition) is 6. The zero-order chi connectivity index (χ0) is 14.9. The van der Waals surface area contributed by atoms with Gasteiger partial charge >= 0.3 is 5.97 Å². The summed E-state index contributed by atoms with van der Waals surface area (Å²) in [4.78, 5) is 11.9. The number of ether oxygens (including phenoxy) is 1. The zero-order valence-electron chi connectivity index (χ0n) is 11.2. The Labute approximate surface area is 116 Å². The first kappa shape index (κ1) is 14.5. The van der Waals surface area contributed by atoms with Crippen molar-refractivity contribution < 1.29 is 30.0 Å². The molecular weight excluding hydrogens is 264 g/mol. The van der Waals surface area contributed by atoms with Gasteiger partial charge in [0.15, 0.2) is 11.5 Å². The van der Waals surface area contributed by atoms with Crippen LogP contribution in [0.5, 0.6) is 17.2 Å². The lowest BCUT2D eigenvalue weighted by molar-refractivity contribution is 0.00871. The summed E-state index contributed by atoms with van der Waals surface area (Å²) >= 11 is 0. The number of phenols is 3. The van der Waals surface area contributed by atoms with Crippen LogP contribution < -0.4 is 0 Å². The number of esters is 1. The second kappa shape index (κ2) is 5.58. The van der Waals surface area contributed by atoms with Crippen LogP contribution in [0, 0.1) is 0 Å². The van der Waals surface area contributed by atoms with Crippen LogP contribution in [0.3, 0.4) is 0 Å². The molecule has 1 aliphatic rings. The van der Waals surface area contributed by atoms with E-state index < -0.39 is 35.4 Å². The number of fused-ring (bicyclic) bond motifs is 1. The van der Waals surface area contributed by atoms with Crippen LogP contribution in [0.4, 0.5) is 0 Å². The highest BCUT2D eigenvalue weighted by Crippen LogP contribution is 2.42. The SMILES string of the molecule is CCC[C@H](O)C[C@H]1Cc2cc(O)c(O)c(O)c2C(=O)O1. The molecule has 2 atom stereocenters. The molecule has 0 aromatic heterocycles. The number of rotatable bonds is 4. The van der Waals surface area contributed by atoms with Crippen molar-refractivity contribution in [2.45, 2.75) is 44.8 Å². The van der Waals surface area contributed by atoms with Gasteiger partial charge in [-0.15, -0.1) is 0 Å². The number of aliphatic hydroxyl groups excluding tert-OH is 1. The molecule has 0 aliphatic carbocycles. The molecular formula is C14H18O6. The Hall–Kier alpha value is -1.95. The van der Waals surface area contributed by atoms with Crippen molar-refractivity contribution in [1.29, 1.82) is 0 Å². The van der Waals surface area contributed by atoms with Gasteiger partial charge in [0.25, 0.3) is 0 Å². The Morgan fingerprint density at radius 2 is 2.05 bits per heavy atom. The van der Waals surface area contributed by atoms with E-state index in [9.17, 15) is 25.2 Å². The Kier molecular flexibility index (Phi) is 4.04. The fourth-order valence-electron chi connectivity index (χ4n) is 2.47. The minimum atomic E-state index is -0.757. The molecule has 0 fully saturated rings. The Bertz CT molecular complexity index is 525. The van der Waals surface area contributed by atoms with E-state index in [1.54, 1.807) is 0 Å². The lowest BCUT2D eigenvalue weighted by Crippen LogP contribution is -2.31. The monoisotopic (exact) mass is 282 g/mol. The number of carbonyl (C=O) groups is 1. The third-order valence-electron chi connectivity index (χ3n) is 3.42. The maximum absolute atomic E-state index is 11.9. The van der Waals surface area contributed by atoms with Crippen molar-refractivity contribution in [3.8, 4) is 17.2 Å². The number of aliphatic hydroxyl groups is 1. The Morgan fingerprint density at radius 1 is 1.35 bits per heavy atom. The van der Waals surface area contributed by atoms with Crippen molar-refractivity contribution >= 4 is 5.97 Å². The van der Waals surface area contributed by atoms with Crippen molar-refractivity contribution in [3.63, 3.8) is 0 Å². The average molecular weight is 282 g/mol. The normalized spacial score (nSPS) is 19.3.